The van der Waals surface area contributed by atoms with Crippen molar-refractivity contribution in [2.45, 2.75) is 26.7 Å². The van der Waals surface area contributed by atoms with Gasteiger partial charge in [-0.15, -0.1) is 0 Å². The number of hydrogen-bond acceptors (Lipinski definition) is 4. The zero-order valence-corrected chi connectivity index (χ0v) is 10.8. The van der Waals surface area contributed by atoms with E-state index in [1.807, 2.05) is 6.92 Å². The van der Waals surface area contributed by atoms with Gasteiger partial charge in [0.1, 0.15) is 0 Å². The standard InChI is InChI=1S/C14H18O4/c1-3-9-18-13(15)10-11-7-5-6-8-12(11)14(16)17-4-2/h5-8H,3-4,9-10H2,1-2H3. The molecule has 0 N–H and O–H groups in total. The summed E-state index contributed by atoms with van der Waals surface area (Å²) in [6.07, 6.45) is 0.875. The molecule has 0 saturated heterocycles. The number of esters is 2. The molecule has 1 aromatic carbocycles. The fourth-order valence-electron chi connectivity index (χ4n) is 1.50. The third-order valence-electron chi connectivity index (χ3n) is 2.31. The minimum absolute atomic E-state index is 0.0922. The van der Waals surface area contributed by atoms with Crippen molar-refractivity contribution in [1.82, 2.24) is 0 Å². The van der Waals surface area contributed by atoms with E-state index in [0.29, 0.717) is 24.3 Å². The number of ether oxygens (including phenoxy) is 2. The van der Waals surface area contributed by atoms with Crippen LogP contribution in [0.1, 0.15) is 36.2 Å². The van der Waals surface area contributed by atoms with E-state index < -0.39 is 5.97 Å². The zero-order chi connectivity index (χ0) is 13.4. The highest BCUT2D eigenvalue weighted by Gasteiger charge is 2.14. The van der Waals surface area contributed by atoms with Gasteiger partial charge in [0.15, 0.2) is 0 Å². The highest BCUT2D eigenvalue weighted by molar-refractivity contribution is 5.92. The Labute approximate surface area is 107 Å². The lowest BCUT2D eigenvalue weighted by Crippen LogP contribution is -2.13. The van der Waals surface area contributed by atoms with Crippen molar-refractivity contribution in [3.8, 4) is 0 Å². The number of benzene rings is 1. The third kappa shape index (κ3) is 4.20. The van der Waals surface area contributed by atoms with Crippen molar-refractivity contribution in [3.05, 3.63) is 35.4 Å². The number of hydrogen-bond donors (Lipinski definition) is 0. The fourth-order valence-corrected chi connectivity index (χ4v) is 1.50. The van der Waals surface area contributed by atoms with E-state index in [9.17, 15) is 9.59 Å². The van der Waals surface area contributed by atoms with Crippen LogP contribution in [0, 0.1) is 0 Å². The average Bonchev–Trinajstić information content (AvgIpc) is 2.37. The SMILES string of the molecule is CCCOC(=O)Cc1ccccc1C(=O)OCC. The first-order valence-electron chi connectivity index (χ1n) is 6.09. The molecule has 0 saturated carbocycles. The summed E-state index contributed by atoms with van der Waals surface area (Å²) in [6, 6.07) is 6.91. The van der Waals surface area contributed by atoms with E-state index >= 15 is 0 Å². The molecule has 18 heavy (non-hydrogen) atoms. The number of carbonyl (C=O) groups is 2. The predicted molar refractivity (Wildman–Crippen MR) is 67.4 cm³/mol. The molecule has 0 heterocycles. The first-order chi connectivity index (χ1) is 8.69. The van der Waals surface area contributed by atoms with Gasteiger partial charge in [0, 0.05) is 0 Å². The Morgan fingerprint density at radius 1 is 1.11 bits per heavy atom. The van der Waals surface area contributed by atoms with Crippen molar-refractivity contribution in [3.63, 3.8) is 0 Å². The van der Waals surface area contributed by atoms with Crippen LogP contribution in [-0.2, 0) is 20.7 Å². The van der Waals surface area contributed by atoms with Gasteiger partial charge in [-0.1, -0.05) is 25.1 Å². The molecule has 98 valence electrons. The molecule has 1 rings (SSSR count). The summed E-state index contributed by atoms with van der Waals surface area (Å²) >= 11 is 0. The molecule has 0 aromatic heterocycles. The van der Waals surface area contributed by atoms with E-state index in [4.69, 9.17) is 9.47 Å². The smallest absolute Gasteiger partial charge is 0.338 e. The minimum Gasteiger partial charge on any atom is -0.465 e. The molecular weight excluding hydrogens is 232 g/mol. The molecule has 1 aromatic rings. The van der Waals surface area contributed by atoms with Gasteiger partial charge in [-0.2, -0.15) is 0 Å². The molecule has 0 radical (unpaired) electrons. The molecule has 0 bridgehead atoms. The van der Waals surface area contributed by atoms with E-state index in [1.165, 1.54) is 0 Å². The average molecular weight is 250 g/mol. The van der Waals surface area contributed by atoms with Crippen molar-refractivity contribution < 1.29 is 19.1 Å². The van der Waals surface area contributed by atoms with Crippen molar-refractivity contribution in [2.75, 3.05) is 13.2 Å². The molecule has 0 aliphatic heterocycles. The molecule has 0 unspecified atom stereocenters. The van der Waals surface area contributed by atoms with Gasteiger partial charge in [-0.05, 0) is 25.0 Å². The summed E-state index contributed by atoms with van der Waals surface area (Å²) < 4.78 is 9.94. The van der Waals surface area contributed by atoms with Gasteiger partial charge in [0.05, 0.1) is 25.2 Å². The van der Waals surface area contributed by atoms with E-state index in [0.717, 1.165) is 6.42 Å². The Kier molecular flexibility index (Phi) is 5.91. The lowest BCUT2D eigenvalue weighted by atomic mass is 10.0. The summed E-state index contributed by atoms with van der Waals surface area (Å²) in [5.74, 6) is -0.731. The lowest BCUT2D eigenvalue weighted by Gasteiger charge is -2.08. The number of rotatable bonds is 6. The summed E-state index contributed by atoms with van der Waals surface area (Å²) in [7, 11) is 0. The van der Waals surface area contributed by atoms with Crippen LogP contribution in [0.15, 0.2) is 24.3 Å². The maximum Gasteiger partial charge on any atom is 0.338 e. The molecule has 0 aliphatic carbocycles. The van der Waals surface area contributed by atoms with Crippen LogP contribution >= 0.6 is 0 Å². The second-order valence-corrected chi connectivity index (χ2v) is 3.77. The fraction of sp³-hybridized carbons (Fsp3) is 0.429. The minimum atomic E-state index is -0.406. The molecule has 0 spiro atoms. The van der Waals surface area contributed by atoms with Crippen LogP contribution in [0.25, 0.3) is 0 Å². The van der Waals surface area contributed by atoms with E-state index in [2.05, 4.69) is 0 Å². The Balaban J connectivity index is 2.76. The molecule has 0 fully saturated rings. The second-order valence-electron chi connectivity index (χ2n) is 3.77. The predicted octanol–water partition coefficient (Wildman–Crippen LogP) is 2.36. The van der Waals surface area contributed by atoms with Crippen LogP contribution < -0.4 is 0 Å². The molecular formula is C14H18O4. The largest absolute Gasteiger partial charge is 0.465 e. The normalized spacial score (nSPS) is 9.89. The van der Waals surface area contributed by atoms with Gasteiger partial charge >= 0.3 is 11.9 Å². The van der Waals surface area contributed by atoms with Crippen molar-refractivity contribution in [2.24, 2.45) is 0 Å². The van der Waals surface area contributed by atoms with Gasteiger partial charge in [0.25, 0.3) is 0 Å². The molecule has 0 aliphatic rings. The van der Waals surface area contributed by atoms with Gasteiger partial charge in [-0.25, -0.2) is 4.79 Å². The molecule has 4 heteroatoms. The molecule has 0 atom stereocenters. The zero-order valence-electron chi connectivity index (χ0n) is 10.8. The van der Waals surface area contributed by atoms with Gasteiger partial charge < -0.3 is 9.47 Å². The maximum absolute atomic E-state index is 11.7. The summed E-state index contributed by atoms with van der Waals surface area (Å²) in [5, 5.41) is 0. The first-order valence-corrected chi connectivity index (χ1v) is 6.09. The first kappa shape index (κ1) is 14.2. The highest BCUT2D eigenvalue weighted by atomic mass is 16.5. The Morgan fingerprint density at radius 2 is 1.83 bits per heavy atom. The van der Waals surface area contributed by atoms with Crippen molar-refractivity contribution in [1.29, 1.82) is 0 Å². The quantitative estimate of drug-likeness (QED) is 0.727. The number of carbonyl (C=O) groups excluding carboxylic acids is 2. The lowest BCUT2D eigenvalue weighted by molar-refractivity contribution is -0.142. The maximum atomic E-state index is 11.7. The third-order valence-corrected chi connectivity index (χ3v) is 2.31. The van der Waals surface area contributed by atoms with Crippen LogP contribution in [-0.4, -0.2) is 25.2 Å². The van der Waals surface area contributed by atoms with E-state index in [-0.39, 0.29) is 12.4 Å². The van der Waals surface area contributed by atoms with Gasteiger partial charge in [-0.3, -0.25) is 4.79 Å². The van der Waals surface area contributed by atoms with Crippen LogP contribution in [0.2, 0.25) is 0 Å². The summed E-state index contributed by atoms with van der Waals surface area (Å²) in [5.41, 5.74) is 1.06. The Morgan fingerprint density at radius 3 is 2.50 bits per heavy atom. The molecule has 0 amide bonds. The van der Waals surface area contributed by atoms with Gasteiger partial charge in [0.2, 0.25) is 0 Å². The highest BCUT2D eigenvalue weighted by Crippen LogP contribution is 2.12. The Hall–Kier alpha value is -1.84. The van der Waals surface area contributed by atoms with Crippen LogP contribution in [0.3, 0.4) is 0 Å². The second kappa shape index (κ2) is 7.48. The van der Waals surface area contributed by atoms with Crippen molar-refractivity contribution >= 4 is 11.9 Å². The monoisotopic (exact) mass is 250 g/mol. The Bertz CT molecular complexity index is 412. The topological polar surface area (TPSA) is 52.6 Å². The van der Waals surface area contributed by atoms with Crippen LogP contribution in [0.5, 0.6) is 0 Å². The van der Waals surface area contributed by atoms with E-state index in [1.54, 1.807) is 31.2 Å². The summed E-state index contributed by atoms with van der Waals surface area (Å²) in [4.78, 5) is 23.2. The van der Waals surface area contributed by atoms with Crippen LogP contribution in [0.4, 0.5) is 0 Å². The molecule has 4 nitrogen and oxygen atoms in total. The summed E-state index contributed by atoms with van der Waals surface area (Å²) in [6.45, 7) is 4.39.